The van der Waals surface area contributed by atoms with E-state index in [0.717, 1.165) is 21.0 Å². The number of hydrogen-bond acceptors (Lipinski definition) is 4. The Morgan fingerprint density at radius 2 is 0.735 bits per heavy atom. The molecule has 6 aromatic carbocycles. The van der Waals surface area contributed by atoms with Crippen molar-refractivity contribution >= 4 is 72.7 Å². The Morgan fingerprint density at radius 1 is 0.388 bits per heavy atom. The Balaban J connectivity index is 1.28. The van der Waals surface area contributed by atoms with E-state index in [0.29, 0.717) is 0 Å². The molecule has 0 amide bonds. The Hall–Kier alpha value is -5.20. The zero-order valence-corrected chi connectivity index (χ0v) is 29.9. The van der Waals surface area contributed by atoms with Crippen molar-refractivity contribution in [2.45, 2.75) is 13.1 Å². The molecule has 0 aliphatic carbocycles. The second-order valence-electron chi connectivity index (χ2n) is 13.0. The molecule has 234 valence electrons. The fraction of sp³-hybridized carbons (Fsp3) is 0.0455. The van der Waals surface area contributed by atoms with Crippen LogP contribution >= 0.6 is 22.7 Å². The summed E-state index contributed by atoms with van der Waals surface area (Å²) in [6, 6.07) is 56.5. The van der Waals surface area contributed by atoms with Gasteiger partial charge in [0.2, 0.25) is 0 Å². The van der Waals surface area contributed by atoms with Crippen LogP contribution in [0.5, 0.6) is 0 Å². The molecule has 0 spiro atoms. The van der Waals surface area contributed by atoms with Gasteiger partial charge in [-0.2, -0.15) is 0 Å². The smallest absolute Gasteiger partial charge is 0.121 e. The largest absolute Gasteiger partial charge is 0.237 e. The van der Waals surface area contributed by atoms with Gasteiger partial charge in [0.25, 0.3) is 0 Å². The van der Waals surface area contributed by atoms with Gasteiger partial charge in [-0.15, -0.1) is 22.7 Å². The normalized spacial score (nSPS) is 14.3. The first-order chi connectivity index (χ1) is 24.0. The average Bonchev–Trinajstić information content (AvgIpc) is 3.83. The maximum absolute atomic E-state index is 5.45. The molecule has 5 heteroatoms. The third-order valence-corrected chi connectivity index (χ3v) is 15.5. The standard InChI is InChI=1S/C44H32N2S2Si/c1-49(2)41(43-45-35-27-33(23-25-37(35)47-43)29-15-7-3-8-16-29)39(31-19-11-5-12-20-31)40(32-21-13-6-14-22-32)42(49)44-46-36-28-34(24-26-38(36)48-44)30-17-9-4-10-18-30/h3-28H,1-2H3. The fourth-order valence-electron chi connectivity index (χ4n) is 7.22. The maximum Gasteiger partial charge on any atom is 0.121 e. The lowest BCUT2D eigenvalue weighted by Crippen LogP contribution is -2.28. The van der Waals surface area contributed by atoms with E-state index in [9.17, 15) is 0 Å². The lowest BCUT2D eigenvalue weighted by Gasteiger charge is -2.23. The third kappa shape index (κ3) is 5.22. The number of nitrogens with zero attached hydrogens (tertiary/aromatic N) is 2. The van der Waals surface area contributed by atoms with Crippen LogP contribution in [0.25, 0.3) is 64.2 Å². The third-order valence-electron chi connectivity index (χ3n) is 9.54. The summed E-state index contributed by atoms with van der Waals surface area (Å²) in [5.74, 6) is 0. The van der Waals surface area contributed by atoms with E-state index < -0.39 is 8.07 Å². The molecule has 2 nitrogen and oxygen atoms in total. The van der Waals surface area contributed by atoms with Crippen LogP contribution in [-0.2, 0) is 0 Å². The van der Waals surface area contributed by atoms with Gasteiger partial charge in [0.05, 0.1) is 20.4 Å². The first-order valence-electron chi connectivity index (χ1n) is 16.6. The molecular formula is C44H32N2S2Si. The van der Waals surface area contributed by atoms with Crippen molar-refractivity contribution in [2.75, 3.05) is 0 Å². The number of rotatable bonds is 6. The molecule has 0 saturated heterocycles. The molecule has 49 heavy (non-hydrogen) atoms. The number of hydrogen-bond donors (Lipinski definition) is 0. The number of fused-ring (bicyclic) bond motifs is 2. The van der Waals surface area contributed by atoms with Gasteiger partial charge in [-0.05, 0) is 79.2 Å². The Labute approximate surface area is 295 Å². The van der Waals surface area contributed by atoms with Gasteiger partial charge in [-0.3, -0.25) is 0 Å². The molecule has 1 aliphatic heterocycles. The molecule has 8 aromatic rings. The van der Waals surface area contributed by atoms with Gasteiger partial charge in [0.15, 0.2) is 0 Å². The Kier molecular flexibility index (Phi) is 7.35. The van der Waals surface area contributed by atoms with Crippen LogP contribution in [0.15, 0.2) is 158 Å². The minimum absolute atomic E-state index is 1.05. The summed E-state index contributed by atoms with van der Waals surface area (Å²) in [6.07, 6.45) is 0. The van der Waals surface area contributed by atoms with E-state index in [-0.39, 0.29) is 0 Å². The minimum atomic E-state index is -2.40. The van der Waals surface area contributed by atoms with Crippen molar-refractivity contribution in [3.8, 4) is 22.3 Å². The van der Waals surface area contributed by atoms with Gasteiger partial charge in [0, 0.05) is 0 Å². The Bertz CT molecular complexity index is 2370. The van der Waals surface area contributed by atoms with E-state index in [1.54, 1.807) is 0 Å². The van der Waals surface area contributed by atoms with Gasteiger partial charge in [-0.25, -0.2) is 9.97 Å². The van der Waals surface area contributed by atoms with E-state index >= 15 is 0 Å². The quantitative estimate of drug-likeness (QED) is 0.163. The van der Waals surface area contributed by atoms with Crippen LogP contribution in [0, 0.1) is 0 Å². The number of aromatic nitrogens is 2. The first-order valence-corrected chi connectivity index (χ1v) is 21.2. The average molecular weight is 681 g/mol. The highest BCUT2D eigenvalue weighted by molar-refractivity contribution is 7.27. The molecule has 0 atom stereocenters. The topological polar surface area (TPSA) is 25.8 Å². The molecule has 0 fully saturated rings. The van der Waals surface area contributed by atoms with Crippen LogP contribution in [0.4, 0.5) is 0 Å². The molecule has 0 radical (unpaired) electrons. The maximum atomic E-state index is 5.45. The van der Waals surface area contributed by atoms with Crippen molar-refractivity contribution in [1.82, 2.24) is 9.97 Å². The molecular weight excluding hydrogens is 649 g/mol. The molecule has 0 saturated carbocycles. The predicted octanol–water partition coefficient (Wildman–Crippen LogP) is 12.6. The summed E-state index contributed by atoms with van der Waals surface area (Å²) in [4.78, 5) is 10.9. The second kappa shape index (κ2) is 12.0. The van der Waals surface area contributed by atoms with Crippen LogP contribution in [-0.4, -0.2) is 18.0 Å². The van der Waals surface area contributed by atoms with Crippen LogP contribution in [0.2, 0.25) is 13.1 Å². The zero-order valence-electron chi connectivity index (χ0n) is 27.2. The molecule has 2 aromatic heterocycles. The molecule has 0 N–H and O–H groups in total. The van der Waals surface area contributed by atoms with Gasteiger partial charge in [-0.1, -0.05) is 147 Å². The van der Waals surface area contributed by atoms with Crippen LogP contribution < -0.4 is 0 Å². The highest BCUT2D eigenvalue weighted by Crippen LogP contribution is 2.57. The lowest BCUT2D eigenvalue weighted by molar-refractivity contribution is 1.44. The van der Waals surface area contributed by atoms with Gasteiger partial charge < -0.3 is 0 Å². The van der Waals surface area contributed by atoms with Crippen molar-refractivity contribution in [3.63, 3.8) is 0 Å². The van der Waals surface area contributed by atoms with E-state index in [1.165, 1.54) is 64.3 Å². The summed E-state index contributed by atoms with van der Waals surface area (Å²) in [5.41, 5.74) is 11.9. The summed E-state index contributed by atoms with van der Waals surface area (Å²) in [5, 5.41) is 5.01. The number of allylic oxidation sites excluding steroid dienone is 2. The van der Waals surface area contributed by atoms with E-state index in [4.69, 9.17) is 9.97 Å². The van der Waals surface area contributed by atoms with Crippen molar-refractivity contribution in [2.24, 2.45) is 0 Å². The second-order valence-corrected chi connectivity index (χ2v) is 19.3. The highest BCUT2D eigenvalue weighted by atomic mass is 32.1. The van der Waals surface area contributed by atoms with E-state index in [2.05, 4.69) is 171 Å². The summed E-state index contributed by atoms with van der Waals surface area (Å²) in [7, 11) is -2.40. The lowest BCUT2D eigenvalue weighted by atomic mass is 9.91. The summed E-state index contributed by atoms with van der Waals surface area (Å²) < 4.78 is 2.42. The molecule has 0 unspecified atom stereocenters. The van der Waals surface area contributed by atoms with Gasteiger partial charge in [0.1, 0.15) is 18.1 Å². The number of thiazole rings is 2. The van der Waals surface area contributed by atoms with Crippen LogP contribution in [0.3, 0.4) is 0 Å². The molecule has 0 bridgehead atoms. The minimum Gasteiger partial charge on any atom is -0.237 e. The van der Waals surface area contributed by atoms with Crippen LogP contribution in [0.1, 0.15) is 21.1 Å². The number of benzene rings is 6. The Morgan fingerprint density at radius 3 is 1.10 bits per heavy atom. The van der Waals surface area contributed by atoms with Crippen molar-refractivity contribution < 1.29 is 0 Å². The monoisotopic (exact) mass is 680 g/mol. The molecule has 3 heterocycles. The summed E-state index contributed by atoms with van der Waals surface area (Å²) in [6.45, 7) is 5.00. The zero-order chi connectivity index (χ0) is 33.0. The predicted molar refractivity (Wildman–Crippen MR) is 214 cm³/mol. The SMILES string of the molecule is C[Si]1(C)C(c2nc3cc(-c4ccccc4)ccc3s2)=C(c2ccccc2)C(c2ccccc2)=C1c1nc2cc(-c3ccccc3)ccc2s1. The van der Waals surface area contributed by atoms with Crippen molar-refractivity contribution in [1.29, 1.82) is 0 Å². The van der Waals surface area contributed by atoms with E-state index in [1.807, 2.05) is 22.7 Å². The highest BCUT2D eigenvalue weighted by Gasteiger charge is 2.46. The molecule has 1 aliphatic rings. The fourth-order valence-corrected chi connectivity index (χ4v) is 14.1. The first kappa shape index (κ1) is 29.9. The van der Waals surface area contributed by atoms with Gasteiger partial charge >= 0.3 is 0 Å². The molecule has 9 rings (SSSR count). The van der Waals surface area contributed by atoms with Crippen molar-refractivity contribution in [3.05, 3.63) is 179 Å². The summed E-state index contributed by atoms with van der Waals surface area (Å²) >= 11 is 3.64.